The van der Waals surface area contributed by atoms with Gasteiger partial charge in [-0.1, -0.05) is 0 Å². The fourth-order valence-corrected chi connectivity index (χ4v) is 0.413. The van der Waals surface area contributed by atoms with Crippen LogP contribution in [0.2, 0.25) is 5.82 Å². The number of rotatable bonds is 1. The first kappa shape index (κ1) is 7.69. The molecule has 0 bridgehead atoms. The van der Waals surface area contributed by atoms with Crippen LogP contribution >= 0.6 is 0 Å². The molecule has 0 aromatic rings. The van der Waals surface area contributed by atoms with Crippen molar-refractivity contribution in [2.75, 3.05) is 0 Å². The minimum absolute atomic E-state index is 0.0326. The average molecular weight is 193 g/mol. The third-order valence-electron chi connectivity index (χ3n) is 0.232. The number of nitrogens with zero attached hydrogens (tertiary/aromatic N) is 1. The number of carbonyl (C=O) groups excluding carboxylic acids is 1. The molecule has 0 saturated heterocycles. The molecule has 8 heavy (non-hydrogen) atoms. The molecule has 1 radical (unpaired) electrons. The molecule has 0 aromatic heterocycles. The summed E-state index contributed by atoms with van der Waals surface area (Å²) in [4.78, 5) is 9.06. The summed E-state index contributed by atoms with van der Waals surface area (Å²) in [6.45, 7) is 0. The van der Waals surface area contributed by atoms with Gasteiger partial charge in [0, 0.05) is 0 Å². The van der Waals surface area contributed by atoms with Gasteiger partial charge in [-0.2, -0.15) is 0 Å². The first-order chi connectivity index (χ1) is 3.31. The zero-order valence-electron chi connectivity index (χ0n) is 3.90. The molecule has 0 heterocycles. The van der Waals surface area contributed by atoms with Crippen molar-refractivity contribution < 1.29 is 15.5 Å². The van der Waals surface area contributed by atoms with Crippen LogP contribution in [-0.4, -0.2) is 19.4 Å². The Bertz CT molecular complexity index is 134. The second-order valence-electron chi connectivity index (χ2n) is 1.21. The van der Waals surface area contributed by atoms with Crippen LogP contribution in [0.4, 0.5) is 10.7 Å². The van der Waals surface area contributed by atoms with Crippen LogP contribution in [0, 0.1) is 0 Å². The third kappa shape index (κ3) is 5.69. The Morgan fingerprint density at radius 3 is 1.88 bits per heavy atom. The van der Waals surface area contributed by atoms with E-state index in [1.165, 1.54) is 0 Å². The monoisotopic (exact) mass is 194 g/mol. The molecule has 0 saturated carbocycles. The van der Waals surface area contributed by atoms with E-state index in [2.05, 4.69) is 0 Å². The van der Waals surface area contributed by atoms with Gasteiger partial charge in [-0.15, -0.1) is 0 Å². The van der Waals surface area contributed by atoms with E-state index < -0.39 is 13.4 Å². The van der Waals surface area contributed by atoms with Gasteiger partial charge in [-0.25, -0.2) is 0 Å². The summed E-state index contributed by atoms with van der Waals surface area (Å²) in [6, 6.07) is 0. The summed E-state index contributed by atoms with van der Waals surface area (Å²) in [6.07, 6.45) is 0.472. The maximum atomic E-state index is 11.5. The van der Waals surface area contributed by atoms with E-state index >= 15 is 0 Å². The van der Waals surface area contributed by atoms with Gasteiger partial charge < -0.3 is 0 Å². The Hall–Kier alpha value is -0.311. The van der Waals surface area contributed by atoms with Gasteiger partial charge >= 0.3 is 44.7 Å². The summed E-state index contributed by atoms with van der Waals surface area (Å²) in [5, 5.41) is 0. The molecule has 0 rings (SSSR count). The molecule has 0 unspecified atom stereocenters. The van der Waals surface area contributed by atoms with E-state index in [-0.39, 0.29) is 5.82 Å². The van der Waals surface area contributed by atoms with Crippen molar-refractivity contribution >= 4 is 19.4 Å². The van der Waals surface area contributed by atoms with Gasteiger partial charge in [0.2, 0.25) is 0 Å². The molecular formula is C2H3F3NOSe. The zero-order valence-corrected chi connectivity index (χ0v) is 5.61. The van der Waals surface area contributed by atoms with Crippen LogP contribution in [0.25, 0.3) is 0 Å². The normalized spacial score (nSPS) is 15.8. The predicted octanol–water partition coefficient (Wildman–Crippen LogP) is 1.25. The number of halogens is 3. The molecule has 0 N–H and O–H groups in total. The van der Waals surface area contributed by atoms with Crippen molar-refractivity contribution in [2.45, 2.75) is 5.82 Å². The molecule has 0 aliphatic heterocycles. The molecule has 6 heteroatoms. The molecular weight excluding hydrogens is 190 g/mol. The van der Waals surface area contributed by atoms with Crippen molar-refractivity contribution in [1.82, 2.24) is 0 Å². The summed E-state index contributed by atoms with van der Waals surface area (Å²) in [7, 11) is 0. The van der Waals surface area contributed by atoms with Crippen LogP contribution in [0.5, 0.6) is 0 Å². The molecule has 2 nitrogen and oxygen atoms in total. The Balaban J connectivity index is 4.38. The van der Waals surface area contributed by atoms with E-state index in [4.69, 9.17) is 4.79 Å². The third-order valence-corrected chi connectivity index (χ3v) is 1.21. The van der Waals surface area contributed by atoms with Gasteiger partial charge in [0.05, 0.1) is 0 Å². The Labute approximate surface area is 45.6 Å². The Kier molecular flexibility index (Phi) is 1.52. The predicted molar refractivity (Wildman–Crippen MR) is 23.1 cm³/mol. The van der Waals surface area contributed by atoms with E-state index in [0.717, 1.165) is 0 Å². The molecule has 0 amide bonds. The molecule has 0 aliphatic carbocycles. The van der Waals surface area contributed by atoms with Crippen molar-refractivity contribution in [3.8, 4) is 0 Å². The maximum absolute atomic E-state index is 11.5. The fraction of sp³-hybridized carbons (Fsp3) is 0.500. The quantitative estimate of drug-likeness (QED) is 0.350. The Morgan fingerprint density at radius 2 is 1.88 bits per heavy atom. The SMILES string of the molecule is C[Se](F)(F)(F)N=C=O. The van der Waals surface area contributed by atoms with Gasteiger partial charge in [0.25, 0.3) is 0 Å². The van der Waals surface area contributed by atoms with Crippen LogP contribution in [0.3, 0.4) is 0 Å². The molecule has 0 fully saturated rings. The van der Waals surface area contributed by atoms with Gasteiger partial charge in [0.15, 0.2) is 0 Å². The van der Waals surface area contributed by atoms with E-state index in [1.807, 2.05) is 0 Å². The standard InChI is InChI=1S/C2H3F3NOSe/c1-8(3,4,5)6-2-7/h1H3. The van der Waals surface area contributed by atoms with E-state index in [0.29, 0.717) is 6.08 Å². The van der Waals surface area contributed by atoms with Crippen molar-refractivity contribution in [1.29, 1.82) is 0 Å². The van der Waals surface area contributed by atoms with Crippen LogP contribution in [-0.2, 0) is 4.79 Å². The first-order valence-electron chi connectivity index (χ1n) is 1.48. The molecule has 49 valence electrons. The van der Waals surface area contributed by atoms with Gasteiger partial charge in [-0.3, -0.25) is 0 Å². The summed E-state index contributed by atoms with van der Waals surface area (Å²) in [5.74, 6) is 0.0326. The topological polar surface area (TPSA) is 29.4 Å². The molecule has 0 atom stereocenters. The first-order valence-corrected chi connectivity index (χ1v) is 5.90. The molecule has 0 spiro atoms. The zero-order chi connectivity index (χ0) is 6.86. The minimum atomic E-state index is -6.75. The van der Waals surface area contributed by atoms with Crippen LogP contribution in [0.15, 0.2) is 4.01 Å². The second-order valence-corrected chi connectivity index (χ2v) is 5.90. The second kappa shape index (κ2) is 1.58. The van der Waals surface area contributed by atoms with Crippen molar-refractivity contribution in [2.24, 2.45) is 4.01 Å². The molecule has 0 aromatic carbocycles. The number of hydrogen-bond donors (Lipinski definition) is 0. The fourth-order valence-electron chi connectivity index (χ4n) is 0.0795. The summed E-state index contributed by atoms with van der Waals surface area (Å²) in [5.41, 5.74) is 0. The average Bonchev–Trinajstić information content (AvgIpc) is 1.25. The van der Waals surface area contributed by atoms with Crippen LogP contribution < -0.4 is 0 Å². The molecule has 0 aliphatic rings. The van der Waals surface area contributed by atoms with Crippen LogP contribution in [0.1, 0.15) is 0 Å². The number of hydrogen-bond acceptors (Lipinski definition) is 2. The summed E-state index contributed by atoms with van der Waals surface area (Å²) >= 11 is -6.75. The Morgan fingerprint density at radius 1 is 1.50 bits per heavy atom. The van der Waals surface area contributed by atoms with Crippen molar-refractivity contribution in [3.63, 3.8) is 0 Å². The van der Waals surface area contributed by atoms with Gasteiger partial charge in [0.1, 0.15) is 0 Å². The number of isocyanates is 1. The van der Waals surface area contributed by atoms with Gasteiger partial charge in [-0.05, 0) is 0 Å². The van der Waals surface area contributed by atoms with E-state index in [9.17, 15) is 10.7 Å². The summed E-state index contributed by atoms with van der Waals surface area (Å²) < 4.78 is 36.2. The van der Waals surface area contributed by atoms with Crippen molar-refractivity contribution in [3.05, 3.63) is 0 Å². The van der Waals surface area contributed by atoms with E-state index in [1.54, 1.807) is 4.01 Å².